The summed E-state index contributed by atoms with van der Waals surface area (Å²) in [6.07, 6.45) is 1.80. The fourth-order valence-electron chi connectivity index (χ4n) is 1.23. The van der Waals surface area contributed by atoms with Crippen molar-refractivity contribution in [3.05, 3.63) is 12.7 Å². The second-order valence-electron chi connectivity index (χ2n) is 4.90. The maximum Gasteiger partial charge on any atom is 0.326 e. The number of rotatable bonds is 7. The molecule has 0 bridgehead atoms. The summed E-state index contributed by atoms with van der Waals surface area (Å²) in [4.78, 5) is 22.6. The molecule has 0 spiro atoms. The number of carbonyl (C=O) groups is 2. The number of carboxylic acids is 1. The number of hydrogen-bond donors (Lipinski definition) is 3. The second-order valence-corrected chi connectivity index (χ2v) is 6.05. The van der Waals surface area contributed by atoms with E-state index in [0.717, 1.165) is 11.5 Å². The number of hydrogen-bond acceptors (Lipinski definition) is 3. The summed E-state index contributed by atoms with van der Waals surface area (Å²) in [5.41, 5.74) is -0.527. The van der Waals surface area contributed by atoms with Gasteiger partial charge in [0.05, 0.1) is 0 Å². The minimum Gasteiger partial charge on any atom is -0.480 e. The van der Waals surface area contributed by atoms with Gasteiger partial charge in [-0.15, -0.1) is 6.58 Å². The lowest BCUT2D eigenvalue weighted by atomic mass is 9.87. The highest BCUT2D eigenvalue weighted by atomic mass is 32.2. The highest BCUT2D eigenvalue weighted by Crippen LogP contribution is 2.19. The van der Waals surface area contributed by atoms with Crippen molar-refractivity contribution in [2.24, 2.45) is 5.41 Å². The normalized spacial score (nSPS) is 12.6. The predicted molar refractivity (Wildman–Crippen MR) is 74.9 cm³/mol. The molecule has 3 N–H and O–H groups in total. The lowest BCUT2D eigenvalue weighted by molar-refractivity contribution is -0.141. The second kappa shape index (κ2) is 8.02. The van der Waals surface area contributed by atoms with Gasteiger partial charge in [-0.25, -0.2) is 9.59 Å². The summed E-state index contributed by atoms with van der Waals surface area (Å²) >= 11 is 1.65. The standard InChI is InChI=1S/C12H22N2O3S/c1-5-7-18-8-6-13-11(17)14-9(10(15)16)12(2,3)4/h5,9H,1,6-8H2,2-4H3,(H,15,16)(H2,13,14,17). The Bertz CT molecular complexity index is 300. The fourth-order valence-corrected chi connectivity index (χ4v) is 1.81. The Hall–Kier alpha value is -1.17. The lowest BCUT2D eigenvalue weighted by Crippen LogP contribution is -2.52. The largest absolute Gasteiger partial charge is 0.480 e. The first-order valence-corrected chi connectivity index (χ1v) is 6.90. The molecule has 2 amide bonds. The Kier molecular flexibility index (Phi) is 7.50. The highest BCUT2D eigenvalue weighted by molar-refractivity contribution is 7.99. The maximum absolute atomic E-state index is 11.5. The van der Waals surface area contributed by atoms with E-state index in [1.54, 1.807) is 38.6 Å². The zero-order valence-electron chi connectivity index (χ0n) is 11.2. The molecule has 104 valence electrons. The third kappa shape index (κ3) is 7.21. The lowest BCUT2D eigenvalue weighted by Gasteiger charge is -2.27. The van der Waals surface area contributed by atoms with E-state index in [9.17, 15) is 9.59 Å². The topological polar surface area (TPSA) is 78.4 Å². The number of urea groups is 1. The van der Waals surface area contributed by atoms with E-state index < -0.39 is 23.5 Å². The number of carbonyl (C=O) groups excluding carboxylic acids is 1. The first-order chi connectivity index (χ1) is 8.29. The van der Waals surface area contributed by atoms with E-state index in [4.69, 9.17) is 5.11 Å². The van der Waals surface area contributed by atoms with Gasteiger partial charge in [0.25, 0.3) is 0 Å². The Labute approximate surface area is 112 Å². The van der Waals surface area contributed by atoms with Crippen molar-refractivity contribution in [3.63, 3.8) is 0 Å². The maximum atomic E-state index is 11.5. The molecule has 1 unspecified atom stereocenters. The fraction of sp³-hybridized carbons (Fsp3) is 0.667. The zero-order valence-corrected chi connectivity index (χ0v) is 12.0. The minimum atomic E-state index is -1.03. The van der Waals surface area contributed by atoms with Crippen LogP contribution in [0.3, 0.4) is 0 Å². The van der Waals surface area contributed by atoms with Crippen molar-refractivity contribution >= 4 is 23.8 Å². The predicted octanol–water partition coefficient (Wildman–Crippen LogP) is 1.70. The van der Waals surface area contributed by atoms with Crippen LogP contribution >= 0.6 is 11.8 Å². The van der Waals surface area contributed by atoms with Crippen molar-refractivity contribution in [3.8, 4) is 0 Å². The molecular weight excluding hydrogens is 252 g/mol. The smallest absolute Gasteiger partial charge is 0.326 e. The Morgan fingerprint density at radius 1 is 1.44 bits per heavy atom. The number of amides is 2. The van der Waals surface area contributed by atoms with Gasteiger partial charge in [0.15, 0.2) is 0 Å². The van der Waals surface area contributed by atoms with Crippen LogP contribution in [0.4, 0.5) is 4.79 Å². The molecule has 0 fully saturated rings. The first-order valence-electron chi connectivity index (χ1n) is 5.75. The molecule has 0 saturated heterocycles. The van der Waals surface area contributed by atoms with Crippen molar-refractivity contribution in [1.82, 2.24) is 10.6 Å². The summed E-state index contributed by atoms with van der Waals surface area (Å²) in [7, 11) is 0. The van der Waals surface area contributed by atoms with E-state index in [1.807, 2.05) is 0 Å². The van der Waals surface area contributed by atoms with Crippen molar-refractivity contribution in [1.29, 1.82) is 0 Å². The van der Waals surface area contributed by atoms with Crippen LogP contribution in [0, 0.1) is 5.41 Å². The van der Waals surface area contributed by atoms with Gasteiger partial charge in [0, 0.05) is 18.1 Å². The summed E-state index contributed by atoms with van der Waals surface area (Å²) < 4.78 is 0. The summed E-state index contributed by atoms with van der Waals surface area (Å²) in [6.45, 7) is 9.40. The van der Waals surface area contributed by atoms with Gasteiger partial charge >= 0.3 is 12.0 Å². The number of thioether (sulfide) groups is 1. The van der Waals surface area contributed by atoms with Crippen LogP contribution in [0.2, 0.25) is 0 Å². The molecule has 6 heteroatoms. The van der Waals surface area contributed by atoms with E-state index in [2.05, 4.69) is 17.2 Å². The van der Waals surface area contributed by atoms with Crippen LogP contribution in [0.1, 0.15) is 20.8 Å². The van der Waals surface area contributed by atoms with Gasteiger partial charge in [-0.1, -0.05) is 26.8 Å². The minimum absolute atomic E-state index is 0.448. The van der Waals surface area contributed by atoms with Crippen LogP contribution < -0.4 is 10.6 Å². The van der Waals surface area contributed by atoms with Crippen molar-refractivity contribution in [2.45, 2.75) is 26.8 Å². The number of aliphatic carboxylic acids is 1. The van der Waals surface area contributed by atoms with Gasteiger partial charge in [0.1, 0.15) is 6.04 Å². The molecule has 0 aromatic heterocycles. The number of carboxylic acid groups (broad SMARTS) is 1. The molecule has 0 saturated carbocycles. The molecule has 0 heterocycles. The molecule has 1 atom stereocenters. The summed E-state index contributed by atoms with van der Waals surface area (Å²) in [5, 5.41) is 14.1. The molecule has 18 heavy (non-hydrogen) atoms. The van der Waals surface area contributed by atoms with Gasteiger partial charge in [0.2, 0.25) is 0 Å². The monoisotopic (exact) mass is 274 g/mol. The van der Waals surface area contributed by atoms with E-state index >= 15 is 0 Å². The molecule has 5 nitrogen and oxygen atoms in total. The van der Waals surface area contributed by atoms with E-state index in [1.165, 1.54) is 0 Å². The Morgan fingerprint density at radius 2 is 2.06 bits per heavy atom. The molecule has 0 aliphatic heterocycles. The van der Waals surface area contributed by atoms with Gasteiger partial charge in [-0.05, 0) is 5.41 Å². The summed E-state index contributed by atoms with van der Waals surface area (Å²) in [5.74, 6) is 0.578. The Balaban J connectivity index is 4.04. The van der Waals surface area contributed by atoms with E-state index in [0.29, 0.717) is 6.54 Å². The van der Waals surface area contributed by atoms with Crippen LogP contribution in [-0.2, 0) is 4.79 Å². The molecule has 0 aromatic rings. The molecule has 0 aliphatic rings. The third-order valence-corrected chi connectivity index (χ3v) is 3.12. The average molecular weight is 274 g/mol. The highest BCUT2D eigenvalue weighted by Gasteiger charge is 2.32. The molecule has 0 rings (SSSR count). The van der Waals surface area contributed by atoms with Crippen molar-refractivity contribution in [2.75, 3.05) is 18.1 Å². The van der Waals surface area contributed by atoms with Gasteiger partial charge < -0.3 is 15.7 Å². The van der Waals surface area contributed by atoms with Crippen LogP contribution in [0.25, 0.3) is 0 Å². The SMILES string of the molecule is C=CCSCCNC(=O)NC(C(=O)O)C(C)(C)C. The summed E-state index contributed by atoms with van der Waals surface area (Å²) in [6, 6.07) is -1.35. The number of nitrogens with one attached hydrogen (secondary N) is 2. The quantitative estimate of drug-likeness (QED) is 0.488. The molecular formula is C12H22N2O3S. The third-order valence-electron chi connectivity index (χ3n) is 2.16. The van der Waals surface area contributed by atoms with Gasteiger partial charge in [-0.2, -0.15) is 11.8 Å². The van der Waals surface area contributed by atoms with E-state index in [-0.39, 0.29) is 0 Å². The van der Waals surface area contributed by atoms with Crippen molar-refractivity contribution < 1.29 is 14.7 Å². The average Bonchev–Trinajstić information content (AvgIpc) is 2.23. The van der Waals surface area contributed by atoms with Crippen LogP contribution in [0.15, 0.2) is 12.7 Å². The zero-order chi connectivity index (χ0) is 14.2. The van der Waals surface area contributed by atoms with Crippen LogP contribution in [-0.4, -0.2) is 41.2 Å². The molecule has 0 aliphatic carbocycles. The molecule has 0 radical (unpaired) electrons. The first kappa shape index (κ1) is 16.8. The molecule has 0 aromatic carbocycles. The van der Waals surface area contributed by atoms with Crippen LogP contribution in [0.5, 0.6) is 0 Å². The Morgan fingerprint density at radius 3 is 2.50 bits per heavy atom. The van der Waals surface area contributed by atoms with Gasteiger partial charge in [-0.3, -0.25) is 0 Å².